The van der Waals surface area contributed by atoms with Gasteiger partial charge in [0.2, 0.25) is 0 Å². The second-order valence-electron chi connectivity index (χ2n) is 4.97. The van der Waals surface area contributed by atoms with E-state index in [1.807, 2.05) is 0 Å². The summed E-state index contributed by atoms with van der Waals surface area (Å²) in [5, 5.41) is 3.30. The molecule has 1 aliphatic heterocycles. The molecule has 1 fully saturated rings. The average molecular weight is 305 g/mol. The maximum atomic E-state index is 12.5. The Morgan fingerprint density at radius 2 is 2.05 bits per heavy atom. The molecule has 0 spiro atoms. The molecule has 1 aromatic carbocycles. The van der Waals surface area contributed by atoms with Crippen molar-refractivity contribution in [3.05, 3.63) is 24.3 Å². The molecule has 0 aliphatic carbocycles. The number of benzene rings is 1. The Hall–Kier alpha value is -0.880. The lowest BCUT2D eigenvalue weighted by Crippen LogP contribution is -2.29. The standard InChI is InChI=1S/C14H18F3NOS/c1-10-9-18-8-4-6-11(10)19-12-5-2-3-7-13(12)20-14(15,16)17/h2-3,5,7,10-11,18H,4,6,8-9H2,1H3. The van der Waals surface area contributed by atoms with E-state index < -0.39 is 5.51 Å². The molecule has 1 aliphatic rings. The zero-order chi connectivity index (χ0) is 14.6. The summed E-state index contributed by atoms with van der Waals surface area (Å²) >= 11 is -0.118. The van der Waals surface area contributed by atoms with Gasteiger partial charge >= 0.3 is 5.51 Å². The molecular formula is C14H18F3NOS. The lowest BCUT2D eigenvalue weighted by Gasteiger charge is -2.24. The number of halogens is 3. The summed E-state index contributed by atoms with van der Waals surface area (Å²) in [4.78, 5) is 0.129. The van der Waals surface area contributed by atoms with Gasteiger partial charge in [-0.05, 0) is 43.3 Å². The van der Waals surface area contributed by atoms with E-state index in [2.05, 4.69) is 12.2 Å². The van der Waals surface area contributed by atoms with Gasteiger partial charge in [-0.15, -0.1) is 0 Å². The van der Waals surface area contributed by atoms with E-state index >= 15 is 0 Å². The molecule has 112 valence electrons. The van der Waals surface area contributed by atoms with E-state index in [9.17, 15) is 13.2 Å². The molecule has 2 rings (SSSR count). The quantitative estimate of drug-likeness (QED) is 0.851. The molecule has 1 N–H and O–H groups in total. The lowest BCUT2D eigenvalue weighted by molar-refractivity contribution is -0.0329. The molecule has 0 amide bonds. The second-order valence-corrected chi connectivity index (χ2v) is 6.08. The molecule has 0 saturated carbocycles. The summed E-state index contributed by atoms with van der Waals surface area (Å²) in [6, 6.07) is 6.36. The molecule has 2 atom stereocenters. The SMILES string of the molecule is CC1CNCCCC1Oc1ccccc1SC(F)(F)F. The highest BCUT2D eigenvalue weighted by Crippen LogP contribution is 2.41. The number of thioether (sulfide) groups is 1. The Kier molecular flexibility index (Phi) is 5.21. The number of para-hydroxylation sites is 1. The van der Waals surface area contributed by atoms with Gasteiger partial charge in [-0.2, -0.15) is 13.2 Å². The summed E-state index contributed by atoms with van der Waals surface area (Å²) in [6.07, 6.45) is 1.79. The minimum atomic E-state index is -4.30. The summed E-state index contributed by atoms with van der Waals surface area (Å²) in [5.74, 6) is 0.606. The predicted octanol–water partition coefficient (Wildman–Crippen LogP) is 4.07. The molecule has 2 unspecified atom stereocenters. The van der Waals surface area contributed by atoms with Gasteiger partial charge in [0.1, 0.15) is 11.9 Å². The molecule has 6 heteroatoms. The van der Waals surface area contributed by atoms with E-state index in [-0.39, 0.29) is 28.7 Å². The third-order valence-corrected chi connectivity index (χ3v) is 4.09. The summed E-state index contributed by atoms with van der Waals surface area (Å²) < 4.78 is 43.5. The van der Waals surface area contributed by atoms with Crippen LogP contribution in [0.3, 0.4) is 0 Å². The first kappa shape index (κ1) is 15.5. The maximum Gasteiger partial charge on any atom is 0.446 e. The van der Waals surface area contributed by atoms with Crippen LogP contribution in [0.4, 0.5) is 13.2 Å². The zero-order valence-corrected chi connectivity index (χ0v) is 12.1. The van der Waals surface area contributed by atoms with Crippen LogP contribution in [0.1, 0.15) is 19.8 Å². The van der Waals surface area contributed by atoms with E-state index in [0.717, 1.165) is 25.9 Å². The molecule has 1 heterocycles. The zero-order valence-electron chi connectivity index (χ0n) is 11.2. The van der Waals surface area contributed by atoms with Gasteiger partial charge in [-0.25, -0.2) is 0 Å². The van der Waals surface area contributed by atoms with Crippen LogP contribution in [0.15, 0.2) is 29.2 Å². The van der Waals surface area contributed by atoms with Crippen LogP contribution in [-0.4, -0.2) is 24.7 Å². The van der Waals surface area contributed by atoms with Crippen molar-refractivity contribution in [2.75, 3.05) is 13.1 Å². The van der Waals surface area contributed by atoms with Crippen LogP contribution in [0.5, 0.6) is 5.75 Å². The first-order chi connectivity index (χ1) is 9.46. The monoisotopic (exact) mass is 305 g/mol. The van der Waals surface area contributed by atoms with E-state index in [0.29, 0.717) is 5.75 Å². The number of rotatable bonds is 3. The van der Waals surface area contributed by atoms with Crippen molar-refractivity contribution < 1.29 is 17.9 Å². The van der Waals surface area contributed by atoms with Gasteiger partial charge in [0.25, 0.3) is 0 Å². The first-order valence-electron chi connectivity index (χ1n) is 6.68. The largest absolute Gasteiger partial charge is 0.489 e. The highest BCUT2D eigenvalue weighted by Gasteiger charge is 2.31. The van der Waals surface area contributed by atoms with Crippen LogP contribution < -0.4 is 10.1 Å². The minimum Gasteiger partial charge on any atom is -0.489 e. The van der Waals surface area contributed by atoms with Crippen molar-refractivity contribution >= 4 is 11.8 Å². The summed E-state index contributed by atoms with van der Waals surface area (Å²) in [6.45, 7) is 3.82. The normalized spacial score (nSPS) is 24.2. The Morgan fingerprint density at radius 3 is 2.80 bits per heavy atom. The van der Waals surface area contributed by atoms with E-state index in [1.165, 1.54) is 6.07 Å². The van der Waals surface area contributed by atoms with Crippen molar-refractivity contribution in [2.45, 2.75) is 36.3 Å². The topological polar surface area (TPSA) is 21.3 Å². The van der Waals surface area contributed by atoms with Crippen molar-refractivity contribution in [2.24, 2.45) is 5.92 Å². The first-order valence-corrected chi connectivity index (χ1v) is 7.49. The van der Waals surface area contributed by atoms with E-state index in [4.69, 9.17) is 4.74 Å². The number of ether oxygens (including phenoxy) is 1. The van der Waals surface area contributed by atoms with Crippen molar-refractivity contribution in [1.82, 2.24) is 5.32 Å². The third-order valence-electron chi connectivity index (χ3n) is 3.30. The van der Waals surface area contributed by atoms with Crippen LogP contribution in [0.2, 0.25) is 0 Å². The number of hydrogen-bond donors (Lipinski definition) is 1. The van der Waals surface area contributed by atoms with E-state index in [1.54, 1.807) is 18.2 Å². The maximum absolute atomic E-state index is 12.5. The van der Waals surface area contributed by atoms with Crippen LogP contribution in [-0.2, 0) is 0 Å². The number of hydrogen-bond acceptors (Lipinski definition) is 3. The molecule has 1 saturated heterocycles. The Balaban J connectivity index is 2.11. The van der Waals surface area contributed by atoms with Gasteiger partial charge in [-0.1, -0.05) is 19.1 Å². The summed E-state index contributed by atoms with van der Waals surface area (Å²) in [7, 11) is 0. The van der Waals surface area contributed by atoms with Gasteiger partial charge in [0.15, 0.2) is 0 Å². The second kappa shape index (κ2) is 6.72. The smallest absolute Gasteiger partial charge is 0.446 e. The lowest BCUT2D eigenvalue weighted by atomic mass is 10.0. The van der Waals surface area contributed by atoms with Crippen LogP contribution in [0.25, 0.3) is 0 Å². The van der Waals surface area contributed by atoms with Crippen LogP contribution in [0, 0.1) is 5.92 Å². The molecule has 2 nitrogen and oxygen atoms in total. The highest BCUT2D eigenvalue weighted by molar-refractivity contribution is 8.00. The fraction of sp³-hybridized carbons (Fsp3) is 0.571. The van der Waals surface area contributed by atoms with Crippen molar-refractivity contribution in [3.8, 4) is 5.75 Å². The average Bonchev–Trinajstić information content (AvgIpc) is 2.56. The van der Waals surface area contributed by atoms with Gasteiger partial charge in [0, 0.05) is 12.5 Å². The summed E-state index contributed by atoms with van der Waals surface area (Å²) in [5.41, 5.74) is -4.30. The fourth-order valence-electron chi connectivity index (χ4n) is 2.27. The third kappa shape index (κ3) is 4.59. The molecular weight excluding hydrogens is 287 g/mol. The number of alkyl halides is 3. The Labute approximate surface area is 121 Å². The Bertz CT molecular complexity index is 439. The van der Waals surface area contributed by atoms with Crippen LogP contribution >= 0.6 is 11.8 Å². The predicted molar refractivity (Wildman–Crippen MR) is 74.0 cm³/mol. The van der Waals surface area contributed by atoms with Gasteiger partial charge < -0.3 is 10.1 Å². The molecule has 1 aromatic rings. The number of nitrogens with one attached hydrogen (secondary N) is 1. The van der Waals surface area contributed by atoms with Crippen molar-refractivity contribution in [3.63, 3.8) is 0 Å². The fourth-order valence-corrected chi connectivity index (χ4v) is 2.88. The molecule has 0 bridgehead atoms. The minimum absolute atomic E-state index is 0.0417. The van der Waals surface area contributed by atoms with Gasteiger partial charge in [0.05, 0.1) is 4.90 Å². The molecule has 20 heavy (non-hydrogen) atoms. The highest BCUT2D eigenvalue weighted by atomic mass is 32.2. The molecule has 0 radical (unpaired) electrons. The van der Waals surface area contributed by atoms with Crippen molar-refractivity contribution in [1.29, 1.82) is 0 Å². The molecule has 0 aromatic heterocycles. The van der Waals surface area contributed by atoms with Gasteiger partial charge in [-0.3, -0.25) is 0 Å². The Morgan fingerprint density at radius 1 is 1.30 bits per heavy atom.